The number of sulfonamides is 1. The molecule has 0 unspecified atom stereocenters. The lowest BCUT2D eigenvalue weighted by molar-refractivity contribution is -0.116. The number of rotatable bonds is 7. The summed E-state index contributed by atoms with van der Waals surface area (Å²) in [6.07, 6.45) is 1.63. The lowest BCUT2D eigenvalue weighted by Gasteiger charge is -2.27. The van der Waals surface area contributed by atoms with E-state index in [4.69, 9.17) is 4.74 Å². The van der Waals surface area contributed by atoms with E-state index >= 15 is 0 Å². The first-order chi connectivity index (χ1) is 14.3. The first kappa shape index (κ1) is 22.2. The molecule has 0 bridgehead atoms. The van der Waals surface area contributed by atoms with Crippen LogP contribution in [0.15, 0.2) is 35.4 Å². The Labute approximate surface area is 177 Å². The predicted molar refractivity (Wildman–Crippen MR) is 116 cm³/mol. The van der Waals surface area contributed by atoms with Crippen LogP contribution >= 0.6 is 0 Å². The van der Waals surface area contributed by atoms with E-state index in [1.807, 2.05) is 25.1 Å². The van der Waals surface area contributed by atoms with Gasteiger partial charge in [-0.1, -0.05) is 17.7 Å². The molecule has 1 fully saturated rings. The monoisotopic (exact) mass is 432 g/mol. The van der Waals surface area contributed by atoms with Crippen LogP contribution in [0.2, 0.25) is 0 Å². The molecule has 1 saturated heterocycles. The fraction of sp³-hybridized carbons (Fsp3) is 0.429. The van der Waals surface area contributed by atoms with Crippen molar-refractivity contribution in [2.24, 2.45) is 0 Å². The van der Waals surface area contributed by atoms with E-state index in [9.17, 15) is 13.2 Å². The number of amides is 1. The number of carbonyl (C=O) groups excluding carboxylic acids is 1. The van der Waals surface area contributed by atoms with Crippen molar-refractivity contribution < 1.29 is 17.9 Å². The van der Waals surface area contributed by atoms with Crippen LogP contribution in [0.3, 0.4) is 0 Å². The highest BCUT2D eigenvalue weighted by Gasteiger charge is 2.20. The molecule has 1 aromatic heterocycles. The molecule has 0 saturated carbocycles. The Bertz CT molecular complexity index is 977. The Morgan fingerprint density at radius 1 is 1.13 bits per heavy atom. The van der Waals surface area contributed by atoms with Crippen LogP contribution < -0.4 is 14.9 Å². The van der Waals surface area contributed by atoms with Crippen molar-refractivity contribution in [1.82, 2.24) is 9.71 Å². The molecule has 2 aromatic rings. The summed E-state index contributed by atoms with van der Waals surface area (Å²) in [7, 11) is -3.68. The minimum absolute atomic E-state index is 0.0141. The Morgan fingerprint density at radius 2 is 1.80 bits per heavy atom. The molecule has 1 amide bonds. The summed E-state index contributed by atoms with van der Waals surface area (Å²) >= 11 is 0. The van der Waals surface area contributed by atoms with E-state index in [-0.39, 0.29) is 23.8 Å². The highest BCUT2D eigenvalue weighted by molar-refractivity contribution is 7.89. The smallest absolute Gasteiger partial charge is 0.241 e. The zero-order chi connectivity index (χ0) is 21.7. The zero-order valence-electron chi connectivity index (χ0n) is 17.6. The Morgan fingerprint density at radius 3 is 2.40 bits per heavy atom. The molecule has 1 aliphatic heterocycles. The molecular weight excluding hydrogens is 404 g/mol. The molecule has 162 valence electrons. The fourth-order valence-corrected chi connectivity index (χ4v) is 5.11. The van der Waals surface area contributed by atoms with Gasteiger partial charge in [0.05, 0.1) is 30.0 Å². The van der Waals surface area contributed by atoms with Crippen molar-refractivity contribution in [3.63, 3.8) is 0 Å². The summed E-state index contributed by atoms with van der Waals surface area (Å²) in [5, 5.41) is 2.75. The van der Waals surface area contributed by atoms with Gasteiger partial charge in [-0.05, 0) is 44.0 Å². The molecule has 0 radical (unpaired) electrons. The van der Waals surface area contributed by atoms with Gasteiger partial charge in [0.15, 0.2) is 0 Å². The second-order valence-electron chi connectivity index (χ2n) is 7.43. The lowest BCUT2D eigenvalue weighted by Crippen LogP contribution is -2.36. The summed E-state index contributed by atoms with van der Waals surface area (Å²) in [5.74, 6) is 0.559. The largest absolute Gasteiger partial charge is 0.378 e. The van der Waals surface area contributed by atoms with E-state index in [1.54, 1.807) is 26.1 Å². The molecule has 2 heterocycles. The molecule has 9 heteroatoms. The molecule has 1 aliphatic rings. The summed E-state index contributed by atoms with van der Waals surface area (Å²) in [6.45, 7) is 8.42. The number of anilines is 2. The number of nitrogens with zero attached hydrogens (tertiary/aromatic N) is 2. The molecule has 0 atom stereocenters. The molecule has 0 aliphatic carbocycles. The summed E-state index contributed by atoms with van der Waals surface area (Å²) in [6, 6.07) is 7.31. The Hall–Kier alpha value is -2.49. The molecule has 1 aromatic carbocycles. The number of nitrogens with one attached hydrogen (secondary N) is 2. The molecule has 2 N–H and O–H groups in total. The van der Waals surface area contributed by atoms with Gasteiger partial charge in [0.2, 0.25) is 15.9 Å². The molecule has 0 spiro atoms. The molecule has 3 rings (SSSR count). The summed E-state index contributed by atoms with van der Waals surface area (Å²) in [5.41, 5.74) is 2.97. The maximum absolute atomic E-state index is 12.6. The first-order valence-corrected chi connectivity index (χ1v) is 11.4. The van der Waals surface area contributed by atoms with Gasteiger partial charge in [-0.25, -0.2) is 18.1 Å². The van der Waals surface area contributed by atoms with E-state index in [1.165, 1.54) is 0 Å². The van der Waals surface area contributed by atoms with Crippen molar-refractivity contribution in [2.45, 2.75) is 32.1 Å². The van der Waals surface area contributed by atoms with Gasteiger partial charge >= 0.3 is 0 Å². The van der Waals surface area contributed by atoms with Crippen LogP contribution in [-0.2, 0) is 19.6 Å². The van der Waals surface area contributed by atoms with E-state index < -0.39 is 10.0 Å². The predicted octanol–water partition coefficient (Wildman–Crippen LogP) is 2.15. The van der Waals surface area contributed by atoms with Crippen molar-refractivity contribution in [3.05, 3.63) is 47.2 Å². The Kier molecular flexibility index (Phi) is 7.06. The zero-order valence-corrected chi connectivity index (χ0v) is 18.4. The third kappa shape index (κ3) is 5.56. The van der Waals surface area contributed by atoms with Gasteiger partial charge < -0.3 is 15.0 Å². The SMILES string of the molecule is Cc1cc(C)c(S(=O)(=O)NCCC(=O)Nc2ccc(N3CCOCC3)nc2)c(C)c1. The number of aromatic nitrogens is 1. The summed E-state index contributed by atoms with van der Waals surface area (Å²) < 4.78 is 33.1. The molecule has 8 nitrogen and oxygen atoms in total. The van der Waals surface area contributed by atoms with Gasteiger partial charge in [-0.3, -0.25) is 4.79 Å². The van der Waals surface area contributed by atoms with Crippen LogP contribution in [0.4, 0.5) is 11.5 Å². The number of aryl methyl sites for hydroxylation is 3. The number of carbonyl (C=O) groups is 1. The maximum atomic E-state index is 12.6. The second kappa shape index (κ2) is 9.55. The van der Waals surface area contributed by atoms with Gasteiger partial charge in [0.1, 0.15) is 5.82 Å². The number of hydrogen-bond acceptors (Lipinski definition) is 6. The number of hydrogen-bond donors (Lipinski definition) is 2. The third-order valence-corrected chi connectivity index (χ3v) is 6.65. The van der Waals surface area contributed by atoms with Gasteiger partial charge in [-0.2, -0.15) is 0 Å². The maximum Gasteiger partial charge on any atom is 0.241 e. The third-order valence-electron chi connectivity index (χ3n) is 4.88. The van der Waals surface area contributed by atoms with Gasteiger partial charge in [0, 0.05) is 26.1 Å². The van der Waals surface area contributed by atoms with Crippen molar-refractivity contribution in [2.75, 3.05) is 43.1 Å². The van der Waals surface area contributed by atoms with Crippen LogP contribution in [-0.4, -0.2) is 52.2 Å². The van der Waals surface area contributed by atoms with Crippen LogP contribution in [0.1, 0.15) is 23.1 Å². The lowest BCUT2D eigenvalue weighted by atomic mass is 10.1. The quantitative estimate of drug-likeness (QED) is 0.695. The van der Waals surface area contributed by atoms with E-state index in [2.05, 4.69) is 19.9 Å². The highest BCUT2D eigenvalue weighted by atomic mass is 32.2. The molecular formula is C21H28N4O4S. The summed E-state index contributed by atoms with van der Waals surface area (Å²) in [4.78, 5) is 19.0. The molecule has 30 heavy (non-hydrogen) atoms. The second-order valence-corrected chi connectivity index (χ2v) is 9.13. The van der Waals surface area contributed by atoms with Crippen LogP contribution in [0, 0.1) is 20.8 Å². The average Bonchev–Trinajstić information content (AvgIpc) is 2.68. The fourth-order valence-electron chi connectivity index (χ4n) is 3.62. The standard InChI is InChI=1S/C21H28N4O4S/c1-15-12-16(2)21(17(3)13-15)30(27,28)23-7-6-20(26)24-18-4-5-19(22-14-18)25-8-10-29-11-9-25/h4-5,12-14,23H,6-11H2,1-3H3,(H,24,26). The number of benzene rings is 1. The normalized spacial score (nSPS) is 14.6. The average molecular weight is 433 g/mol. The van der Waals surface area contributed by atoms with Crippen molar-refractivity contribution in [3.8, 4) is 0 Å². The van der Waals surface area contributed by atoms with E-state index in [0.29, 0.717) is 30.0 Å². The number of morpholine rings is 1. The first-order valence-electron chi connectivity index (χ1n) is 9.92. The minimum atomic E-state index is -3.68. The van der Waals surface area contributed by atoms with Crippen molar-refractivity contribution in [1.29, 1.82) is 0 Å². The van der Waals surface area contributed by atoms with Gasteiger partial charge in [-0.15, -0.1) is 0 Å². The number of ether oxygens (including phenoxy) is 1. The minimum Gasteiger partial charge on any atom is -0.378 e. The van der Waals surface area contributed by atoms with Crippen LogP contribution in [0.5, 0.6) is 0 Å². The Balaban J connectivity index is 1.52. The topological polar surface area (TPSA) is 101 Å². The van der Waals surface area contributed by atoms with Crippen LogP contribution in [0.25, 0.3) is 0 Å². The van der Waals surface area contributed by atoms with Crippen molar-refractivity contribution >= 4 is 27.4 Å². The highest BCUT2D eigenvalue weighted by Crippen LogP contribution is 2.21. The van der Waals surface area contributed by atoms with Gasteiger partial charge in [0.25, 0.3) is 0 Å². The number of pyridine rings is 1. The van der Waals surface area contributed by atoms with E-state index in [0.717, 1.165) is 24.5 Å².